The molecule has 164 valence electrons. The van der Waals surface area contributed by atoms with Gasteiger partial charge in [-0.25, -0.2) is 9.36 Å². The van der Waals surface area contributed by atoms with E-state index in [-0.39, 0.29) is 18.0 Å². The van der Waals surface area contributed by atoms with Crippen LogP contribution in [0.1, 0.15) is 29.9 Å². The number of ether oxygens (including phenoxy) is 1. The van der Waals surface area contributed by atoms with E-state index in [0.717, 1.165) is 11.3 Å². The van der Waals surface area contributed by atoms with Crippen molar-refractivity contribution >= 4 is 16.8 Å². The van der Waals surface area contributed by atoms with Crippen molar-refractivity contribution in [2.45, 2.75) is 33.4 Å². The zero-order valence-corrected chi connectivity index (χ0v) is 18.5. The van der Waals surface area contributed by atoms with Gasteiger partial charge in [-0.05, 0) is 39.0 Å². The number of nitrogens with zero attached hydrogens (tertiary/aromatic N) is 4. The number of benzene rings is 2. The topological polar surface area (TPSA) is 91.0 Å². The molecule has 1 atom stereocenters. The van der Waals surface area contributed by atoms with Gasteiger partial charge in [-0.1, -0.05) is 36.4 Å². The predicted molar refractivity (Wildman–Crippen MR) is 122 cm³/mol. The summed E-state index contributed by atoms with van der Waals surface area (Å²) in [5.74, 6) is 0.384. The van der Waals surface area contributed by atoms with E-state index in [1.54, 1.807) is 25.6 Å². The second kappa shape index (κ2) is 8.66. The molecule has 2 aromatic heterocycles. The number of rotatable bonds is 6. The molecule has 4 rings (SSSR count). The monoisotopic (exact) mass is 431 g/mol. The number of hydrogen-bond donors (Lipinski definition) is 1. The second-order valence-electron chi connectivity index (χ2n) is 7.60. The Morgan fingerprint density at radius 1 is 1.06 bits per heavy atom. The summed E-state index contributed by atoms with van der Waals surface area (Å²) in [4.78, 5) is 26.2. The SMILES string of the molecule is COc1ccccc1CNC(=O)C(C)n1nc(C)c2nn(-c3ccccc3)c(C)c2c1=O. The van der Waals surface area contributed by atoms with Gasteiger partial charge in [-0.2, -0.15) is 10.2 Å². The van der Waals surface area contributed by atoms with Crippen molar-refractivity contribution in [2.24, 2.45) is 0 Å². The number of aromatic nitrogens is 4. The fraction of sp³-hybridized carbons (Fsp3) is 0.250. The Kier molecular flexibility index (Phi) is 5.77. The maximum absolute atomic E-state index is 13.3. The average Bonchev–Trinajstić information content (AvgIpc) is 3.18. The number of carbonyl (C=O) groups is 1. The maximum atomic E-state index is 13.3. The van der Waals surface area contributed by atoms with Crippen molar-refractivity contribution in [1.29, 1.82) is 0 Å². The van der Waals surface area contributed by atoms with E-state index in [0.29, 0.717) is 28.0 Å². The summed E-state index contributed by atoms with van der Waals surface area (Å²) in [6.45, 7) is 5.59. The number of aryl methyl sites for hydroxylation is 2. The molecule has 2 heterocycles. The number of amides is 1. The molecule has 1 amide bonds. The quantitative estimate of drug-likeness (QED) is 0.507. The Labute approximate surface area is 185 Å². The molecule has 0 aliphatic carbocycles. The van der Waals surface area contributed by atoms with Gasteiger partial charge in [-0.15, -0.1) is 0 Å². The molecule has 0 spiro atoms. The number of methoxy groups -OCH3 is 1. The van der Waals surface area contributed by atoms with Crippen LogP contribution in [0.25, 0.3) is 16.6 Å². The third-order valence-corrected chi connectivity index (χ3v) is 5.53. The molecule has 8 nitrogen and oxygen atoms in total. The van der Waals surface area contributed by atoms with E-state index in [1.165, 1.54) is 4.68 Å². The van der Waals surface area contributed by atoms with Crippen molar-refractivity contribution in [3.63, 3.8) is 0 Å². The van der Waals surface area contributed by atoms with Crippen molar-refractivity contribution in [2.75, 3.05) is 7.11 Å². The van der Waals surface area contributed by atoms with E-state index in [2.05, 4.69) is 15.5 Å². The summed E-state index contributed by atoms with van der Waals surface area (Å²) in [7, 11) is 1.59. The largest absolute Gasteiger partial charge is 0.496 e. The first-order valence-corrected chi connectivity index (χ1v) is 10.4. The summed E-state index contributed by atoms with van der Waals surface area (Å²) < 4.78 is 8.30. The zero-order valence-electron chi connectivity index (χ0n) is 18.5. The zero-order chi connectivity index (χ0) is 22.8. The van der Waals surface area contributed by atoms with Gasteiger partial charge in [0.05, 0.1) is 29.6 Å². The lowest BCUT2D eigenvalue weighted by Crippen LogP contribution is -2.37. The first-order valence-electron chi connectivity index (χ1n) is 10.4. The normalized spacial score (nSPS) is 12.0. The van der Waals surface area contributed by atoms with Gasteiger partial charge in [0, 0.05) is 12.1 Å². The van der Waals surface area contributed by atoms with Crippen LogP contribution >= 0.6 is 0 Å². The van der Waals surface area contributed by atoms with Crippen molar-refractivity contribution in [1.82, 2.24) is 24.9 Å². The molecule has 0 aliphatic rings. The highest BCUT2D eigenvalue weighted by Gasteiger charge is 2.23. The first-order chi connectivity index (χ1) is 15.4. The summed E-state index contributed by atoms with van der Waals surface area (Å²) in [5.41, 5.74) is 3.19. The Bertz CT molecular complexity index is 1340. The van der Waals surface area contributed by atoms with Crippen molar-refractivity contribution in [3.8, 4) is 11.4 Å². The average molecular weight is 431 g/mol. The molecule has 8 heteroatoms. The molecule has 4 aromatic rings. The predicted octanol–water partition coefficient (Wildman–Crippen LogP) is 3.09. The van der Waals surface area contributed by atoms with Crippen LogP contribution in [0.3, 0.4) is 0 Å². The van der Waals surface area contributed by atoms with Crippen LogP contribution < -0.4 is 15.6 Å². The van der Waals surface area contributed by atoms with Gasteiger partial charge in [-0.3, -0.25) is 9.59 Å². The van der Waals surface area contributed by atoms with Crippen LogP contribution in [0.4, 0.5) is 0 Å². The Morgan fingerprint density at radius 3 is 2.47 bits per heavy atom. The smallest absolute Gasteiger partial charge is 0.278 e. The van der Waals surface area contributed by atoms with Crippen molar-refractivity contribution < 1.29 is 9.53 Å². The van der Waals surface area contributed by atoms with Gasteiger partial charge in [0.15, 0.2) is 0 Å². The van der Waals surface area contributed by atoms with Crippen LogP contribution in [-0.2, 0) is 11.3 Å². The number of para-hydroxylation sites is 2. The Hall–Kier alpha value is -3.94. The lowest BCUT2D eigenvalue weighted by Gasteiger charge is -2.16. The minimum absolute atomic E-state index is 0.286. The standard InChI is InChI=1S/C24H25N5O3/c1-15-22-21(16(2)28(27-22)19-11-6-5-7-12-19)24(31)29(26-15)17(3)23(30)25-14-18-10-8-9-13-20(18)32-4/h5-13,17H,14H2,1-4H3,(H,25,30). The van der Waals surface area contributed by atoms with Crippen LogP contribution in [-0.4, -0.2) is 32.6 Å². The molecule has 32 heavy (non-hydrogen) atoms. The maximum Gasteiger partial charge on any atom is 0.278 e. The molecule has 0 radical (unpaired) electrons. The van der Waals surface area contributed by atoms with E-state index in [9.17, 15) is 9.59 Å². The minimum atomic E-state index is -0.792. The second-order valence-corrected chi connectivity index (χ2v) is 7.60. The van der Waals surface area contributed by atoms with E-state index >= 15 is 0 Å². The molecule has 0 fully saturated rings. The van der Waals surface area contributed by atoms with Gasteiger partial charge in [0.2, 0.25) is 5.91 Å². The van der Waals surface area contributed by atoms with Crippen molar-refractivity contribution in [3.05, 3.63) is 81.9 Å². The molecule has 1 N–H and O–H groups in total. The number of hydrogen-bond acceptors (Lipinski definition) is 5. The molecule has 0 bridgehead atoms. The van der Waals surface area contributed by atoms with Crippen LogP contribution in [0.2, 0.25) is 0 Å². The molecular formula is C24H25N5O3. The lowest BCUT2D eigenvalue weighted by atomic mass is 10.2. The highest BCUT2D eigenvalue weighted by molar-refractivity contribution is 5.84. The van der Waals surface area contributed by atoms with Gasteiger partial charge in [0.1, 0.15) is 17.3 Å². The minimum Gasteiger partial charge on any atom is -0.496 e. The van der Waals surface area contributed by atoms with Gasteiger partial charge in [0.25, 0.3) is 5.56 Å². The van der Waals surface area contributed by atoms with E-state index in [1.807, 2.05) is 61.5 Å². The molecule has 0 saturated carbocycles. The van der Waals surface area contributed by atoms with Gasteiger partial charge >= 0.3 is 0 Å². The third-order valence-electron chi connectivity index (χ3n) is 5.53. The Morgan fingerprint density at radius 2 is 1.75 bits per heavy atom. The van der Waals surface area contributed by atoms with Crippen LogP contribution in [0.5, 0.6) is 5.75 Å². The fourth-order valence-corrected chi connectivity index (χ4v) is 3.75. The van der Waals surface area contributed by atoms with E-state index in [4.69, 9.17) is 4.74 Å². The molecular weight excluding hydrogens is 406 g/mol. The molecule has 0 aliphatic heterocycles. The summed E-state index contributed by atoms with van der Waals surface area (Å²) in [5, 5.41) is 12.3. The lowest BCUT2D eigenvalue weighted by molar-refractivity contribution is -0.124. The number of nitrogens with one attached hydrogen (secondary N) is 1. The van der Waals surface area contributed by atoms with Gasteiger partial charge < -0.3 is 10.1 Å². The summed E-state index contributed by atoms with van der Waals surface area (Å²) >= 11 is 0. The highest BCUT2D eigenvalue weighted by Crippen LogP contribution is 2.21. The summed E-state index contributed by atoms with van der Waals surface area (Å²) in [6.07, 6.45) is 0. The van der Waals surface area contributed by atoms with Crippen LogP contribution in [0, 0.1) is 13.8 Å². The Balaban J connectivity index is 1.66. The first kappa shape index (κ1) is 21.3. The fourth-order valence-electron chi connectivity index (χ4n) is 3.75. The highest BCUT2D eigenvalue weighted by atomic mass is 16.5. The van der Waals surface area contributed by atoms with E-state index < -0.39 is 6.04 Å². The summed E-state index contributed by atoms with van der Waals surface area (Å²) in [6, 6.07) is 16.3. The molecule has 0 saturated heterocycles. The number of fused-ring (bicyclic) bond motifs is 1. The third kappa shape index (κ3) is 3.75. The van der Waals surface area contributed by atoms with Crippen LogP contribution in [0.15, 0.2) is 59.4 Å². The number of carbonyl (C=O) groups excluding carboxylic acids is 1. The molecule has 1 unspecified atom stereocenters. The molecule has 2 aromatic carbocycles.